The molecule has 0 saturated heterocycles. The number of benzene rings is 1. The molecule has 74 valence electrons. The number of aryl methyl sites for hydroxylation is 2. The number of fused-ring (bicyclic) bond motifs is 3. The van der Waals surface area contributed by atoms with E-state index in [4.69, 9.17) is 0 Å². The first-order chi connectivity index (χ1) is 7.34. The van der Waals surface area contributed by atoms with Gasteiger partial charge in [-0.05, 0) is 31.4 Å². The van der Waals surface area contributed by atoms with Crippen molar-refractivity contribution in [2.45, 2.75) is 19.8 Å². The quantitative estimate of drug-likeness (QED) is 0.627. The Balaban J connectivity index is 2.41. The molecule has 1 aromatic carbocycles. The van der Waals surface area contributed by atoms with E-state index in [0.717, 1.165) is 24.1 Å². The molecule has 1 heterocycles. The zero-order chi connectivity index (χ0) is 10.3. The zero-order valence-corrected chi connectivity index (χ0v) is 8.83. The molecule has 1 aromatic heterocycles. The third-order valence-corrected chi connectivity index (χ3v) is 3.00. The molecule has 3 rings (SSSR count). The van der Waals surface area contributed by atoms with Gasteiger partial charge in [-0.25, -0.2) is 0 Å². The maximum Gasteiger partial charge on any atom is 0.0780 e. The van der Waals surface area contributed by atoms with E-state index in [1.165, 1.54) is 16.5 Å². The first-order valence-corrected chi connectivity index (χ1v) is 5.40. The van der Waals surface area contributed by atoms with Gasteiger partial charge in [0.25, 0.3) is 0 Å². The predicted octanol–water partition coefficient (Wildman–Crippen LogP) is 3.50. The van der Waals surface area contributed by atoms with Gasteiger partial charge in [0.15, 0.2) is 0 Å². The molecule has 1 heteroatoms. The molecule has 0 amide bonds. The molecule has 0 atom stereocenters. The summed E-state index contributed by atoms with van der Waals surface area (Å²) in [5, 5.41) is 1.24. The van der Waals surface area contributed by atoms with Gasteiger partial charge in [0.05, 0.1) is 5.52 Å². The zero-order valence-electron chi connectivity index (χ0n) is 8.83. The maximum atomic E-state index is 4.64. The van der Waals surface area contributed by atoms with Gasteiger partial charge >= 0.3 is 0 Å². The smallest absolute Gasteiger partial charge is 0.0780 e. The molecular weight excluding hydrogens is 182 g/mol. The molecule has 15 heavy (non-hydrogen) atoms. The molecule has 2 aromatic rings. The van der Waals surface area contributed by atoms with Crippen molar-refractivity contribution in [3.63, 3.8) is 0 Å². The van der Waals surface area contributed by atoms with E-state index in [1.54, 1.807) is 0 Å². The highest BCUT2D eigenvalue weighted by Crippen LogP contribution is 2.26. The fraction of sp³-hybridized carbons (Fsp3) is 0.214. The Morgan fingerprint density at radius 3 is 2.93 bits per heavy atom. The summed E-state index contributed by atoms with van der Waals surface area (Å²) in [4.78, 5) is 4.64. The monoisotopic (exact) mass is 195 g/mol. The maximum absolute atomic E-state index is 4.64. The van der Waals surface area contributed by atoms with Gasteiger partial charge in [0, 0.05) is 16.6 Å². The second-order valence-corrected chi connectivity index (χ2v) is 4.10. The molecule has 0 bridgehead atoms. The predicted molar refractivity (Wildman–Crippen MR) is 63.8 cm³/mol. The summed E-state index contributed by atoms with van der Waals surface area (Å²) in [5.41, 5.74) is 5.00. The van der Waals surface area contributed by atoms with Crippen LogP contribution in [0.5, 0.6) is 0 Å². The number of rotatable bonds is 0. The summed E-state index contributed by atoms with van der Waals surface area (Å²) in [5.74, 6) is 0. The molecule has 0 unspecified atom stereocenters. The van der Waals surface area contributed by atoms with Gasteiger partial charge in [-0.2, -0.15) is 0 Å². The van der Waals surface area contributed by atoms with E-state index in [1.807, 2.05) is 6.92 Å². The van der Waals surface area contributed by atoms with Crippen LogP contribution in [0.1, 0.15) is 23.2 Å². The van der Waals surface area contributed by atoms with Crippen LogP contribution in [-0.2, 0) is 6.42 Å². The molecular formula is C14H13N. The molecule has 1 nitrogen and oxygen atoms in total. The van der Waals surface area contributed by atoms with Crippen LogP contribution in [-0.4, -0.2) is 4.98 Å². The normalized spacial score (nSPS) is 14.2. The van der Waals surface area contributed by atoms with Crippen LogP contribution >= 0.6 is 0 Å². The Morgan fingerprint density at radius 1 is 1.13 bits per heavy atom. The molecule has 0 N–H and O–H groups in total. The highest BCUT2D eigenvalue weighted by atomic mass is 14.7. The van der Waals surface area contributed by atoms with Gasteiger partial charge in [-0.15, -0.1) is 0 Å². The number of aromatic nitrogens is 1. The lowest BCUT2D eigenvalue weighted by Crippen LogP contribution is -1.96. The van der Waals surface area contributed by atoms with Gasteiger partial charge in [-0.1, -0.05) is 30.4 Å². The molecule has 1 aliphatic carbocycles. The van der Waals surface area contributed by atoms with Gasteiger partial charge in [-0.3, -0.25) is 4.98 Å². The summed E-state index contributed by atoms with van der Waals surface area (Å²) >= 11 is 0. The second kappa shape index (κ2) is 3.20. The van der Waals surface area contributed by atoms with Crippen molar-refractivity contribution in [2.75, 3.05) is 0 Å². The van der Waals surface area contributed by atoms with E-state index >= 15 is 0 Å². The van der Waals surface area contributed by atoms with Crippen molar-refractivity contribution >= 4 is 17.0 Å². The number of allylic oxidation sites excluding steroid dienone is 1. The molecule has 0 saturated carbocycles. The van der Waals surface area contributed by atoms with E-state index in [-0.39, 0.29) is 0 Å². The van der Waals surface area contributed by atoms with Crippen LogP contribution in [0.4, 0.5) is 0 Å². The highest BCUT2D eigenvalue weighted by Gasteiger charge is 2.08. The fourth-order valence-corrected chi connectivity index (χ4v) is 2.19. The summed E-state index contributed by atoms with van der Waals surface area (Å²) in [7, 11) is 0. The minimum absolute atomic E-state index is 1.09. The van der Waals surface area contributed by atoms with Crippen LogP contribution < -0.4 is 0 Å². The average Bonchev–Trinajstić information content (AvgIpc) is 2.29. The van der Waals surface area contributed by atoms with Crippen LogP contribution in [0.15, 0.2) is 30.3 Å². The third kappa shape index (κ3) is 1.35. The third-order valence-electron chi connectivity index (χ3n) is 3.00. The summed E-state index contributed by atoms with van der Waals surface area (Å²) in [6.07, 6.45) is 6.76. The second-order valence-electron chi connectivity index (χ2n) is 4.10. The molecule has 0 spiro atoms. The Bertz CT molecular complexity index is 553. The van der Waals surface area contributed by atoms with Crippen molar-refractivity contribution in [2.24, 2.45) is 0 Å². The topological polar surface area (TPSA) is 12.9 Å². The Kier molecular flexibility index (Phi) is 1.84. The van der Waals surface area contributed by atoms with E-state index in [9.17, 15) is 0 Å². The minimum atomic E-state index is 1.09. The molecule has 0 aliphatic heterocycles. The standard InChI is InChI=1S/C14H13N/c1-10-6-7-12-9-8-11-4-2-3-5-13(11)14(12)15-10/h3,5-9H,2,4H2,1H3. The van der Waals surface area contributed by atoms with Crippen LogP contribution in [0.2, 0.25) is 0 Å². The lowest BCUT2D eigenvalue weighted by Gasteiger charge is -2.12. The minimum Gasteiger partial charge on any atom is -0.252 e. The molecule has 0 radical (unpaired) electrons. The Hall–Kier alpha value is -1.63. The van der Waals surface area contributed by atoms with E-state index < -0.39 is 0 Å². The highest BCUT2D eigenvalue weighted by molar-refractivity contribution is 5.89. The SMILES string of the molecule is Cc1ccc2ccc3c(c2n1)C=CCC3. The number of nitrogens with zero attached hydrogens (tertiary/aromatic N) is 1. The number of pyridine rings is 1. The van der Waals surface area contributed by atoms with Crippen molar-refractivity contribution in [1.82, 2.24) is 4.98 Å². The molecule has 1 aliphatic rings. The average molecular weight is 195 g/mol. The van der Waals surface area contributed by atoms with Crippen LogP contribution in [0.3, 0.4) is 0 Å². The Labute approximate surface area is 89.5 Å². The van der Waals surface area contributed by atoms with Crippen LogP contribution in [0, 0.1) is 6.92 Å². The fourth-order valence-electron chi connectivity index (χ4n) is 2.19. The first kappa shape index (κ1) is 8.66. The lowest BCUT2D eigenvalue weighted by molar-refractivity contribution is 0.987. The van der Waals surface area contributed by atoms with Crippen molar-refractivity contribution in [3.8, 4) is 0 Å². The summed E-state index contributed by atoms with van der Waals surface area (Å²) in [6.45, 7) is 2.05. The lowest BCUT2D eigenvalue weighted by atomic mass is 9.95. The molecule has 0 fully saturated rings. The van der Waals surface area contributed by atoms with Crippen molar-refractivity contribution in [1.29, 1.82) is 0 Å². The van der Waals surface area contributed by atoms with E-state index in [2.05, 4.69) is 41.4 Å². The largest absolute Gasteiger partial charge is 0.252 e. The summed E-state index contributed by atoms with van der Waals surface area (Å²) < 4.78 is 0. The summed E-state index contributed by atoms with van der Waals surface area (Å²) in [6, 6.07) is 8.64. The van der Waals surface area contributed by atoms with Crippen molar-refractivity contribution < 1.29 is 0 Å². The van der Waals surface area contributed by atoms with Gasteiger partial charge < -0.3 is 0 Å². The van der Waals surface area contributed by atoms with Gasteiger partial charge in [0.2, 0.25) is 0 Å². The van der Waals surface area contributed by atoms with Gasteiger partial charge in [0.1, 0.15) is 0 Å². The first-order valence-electron chi connectivity index (χ1n) is 5.40. The van der Waals surface area contributed by atoms with Crippen molar-refractivity contribution in [3.05, 3.63) is 47.2 Å². The van der Waals surface area contributed by atoms with Crippen LogP contribution in [0.25, 0.3) is 17.0 Å². The Morgan fingerprint density at radius 2 is 2.00 bits per heavy atom. The number of hydrogen-bond acceptors (Lipinski definition) is 1. The number of hydrogen-bond donors (Lipinski definition) is 0. The van der Waals surface area contributed by atoms with E-state index in [0.29, 0.717) is 0 Å².